The molecule has 3 N–H and O–H groups in total. The number of hydrogen-bond donors (Lipinski definition) is 3. The average molecular weight is 348 g/mol. The van der Waals surface area contributed by atoms with Crippen LogP contribution in [0.2, 0.25) is 0 Å². The number of hydrogen-bond acceptors (Lipinski definition) is 5. The smallest absolute Gasteiger partial charge is 0.251 e. The maximum absolute atomic E-state index is 11.8. The second kappa shape index (κ2) is 8.22. The number of aliphatic hydroxyl groups is 1. The highest BCUT2D eigenvalue weighted by Crippen LogP contribution is 2.20. The zero-order chi connectivity index (χ0) is 18.4. The molecule has 6 nitrogen and oxygen atoms in total. The lowest BCUT2D eigenvalue weighted by atomic mass is 10.1. The Bertz CT molecular complexity index is 877. The minimum atomic E-state index is -0.219. The maximum Gasteiger partial charge on any atom is 0.251 e. The van der Waals surface area contributed by atoms with Gasteiger partial charge in [-0.15, -0.1) is 0 Å². The highest BCUT2D eigenvalue weighted by Gasteiger charge is 2.06. The maximum atomic E-state index is 11.8. The van der Waals surface area contributed by atoms with Crippen LogP contribution >= 0.6 is 0 Å². The van der Waals surface area contributed by atoms with E-state index in [1.165, 1.54) is 5.56 Å². The van der Waals surface area contributed by atoms with E-state index in [0.29, 0.717) is 11.5 Å². The molecule has 0 saturated carbocycles. The highest BCUT2D eigenvalue weighted by atomic mass is 16.3. The molecule has 1 heterocycles. The Kier molecular flexibility index (Phi) is 5.56. The second-order valence-electron chi connectivity index (χ2n) is 5.81. The van der Waals surface area contributed by atoms with Crippen molar-refractivity contribution < 1.29 is 9.90 Å². The van der Waals surface area contributed by atoms with E-state index in [4.69, 9.17) is 5.11 Å². The van der Waals surface area contributed by atoms with E-state index in [0.717, 1.165) is 16.9 Å². The molecular weight excluding hydrogens is 328 g/mol. The van der Waals surface area contributed by atoms with Crippen molar-refractivity contribution in [2.75, 3.05) is 18.5 Å². The van der Waals surface area contributed by atoms with Gasteiger partial charge in [-0.25, -0.2) is 9.97 Å². The quantitative estimate of drug-likeness (QED) is 0.637. The van der Waals surface area contributed by atoms with Crippen LogP contribution in [-0.4, -0.2) is 34.1 Å². The predicted molar refractivity (Wildman–Crippen MR) is 101 cm³/mol. The predicted octanol–water partition coefficient (Wildman–Crippen LogP) is 2.92. The molecule has 0 bridgehead atoms. The Morgan fingerprint density at radius 3 is 2.46 bits per heavy atom. The molecule has 0 aliphatic rings. The Hall–Kier alpha value is -3.25. The van der Waals surface area contributed by atoms with E-state index in [1.54, 1.807) is 30.5 Å². The minimum Gasteiger partial charge on any atom is -0.395 e. The first-order valence-electron chi connectivity index (χ1n) is 8.32. The van der Waals surface area contributed by atoms with E-state index in [-0.39, 0.29) is 19.1 Å². The molecule has 0 aliphatic heterocycles. The lowest BCUT2D eigenvalue weighted by molar-refractivity contribution is 0.0945. The summed E-state index contributed by atoms with van der Waals surface area (Å²) >= 11 is 0. The molecule has 132 valence electrons. The van der Waals surface area contributed by atoms with Crippen LogP contribution in [0.3, 0.4) is 0 Å². The Labute approximate surface area is 152 Å². The van der Waals surface area contributed by atoms with Crippen LogP contribution in [0.15, 0.2) is 60.8 Å². The number of carbonyl (C=O) groups is 1. The first-order valence-corrected chi connectivity index (χ1v) is 8.32. The van der Waals surface area contributed by atoms with Crippen molar-refractivity contribution >= 4 is 17.5 Å². The minimum absolute atomic E-state index is 0.0833. The van der Waals surface area contributed by atoms with Gasteiger partial charge in [0.1, 0.15) is 0 Å². The number of nitrogens with one attached hydrogen (secondary N) is 2. The fraction of sp³-hybridized carbons (Fsp3) is 0.150. The number of rotatable bonds is 6. The molecule has 0 fully saturated rings. The van der Waals surface area contributed by atoms with E-state index in [2.05, 4.69) is 20.6 Å². The van der Waals surface area contributed by atoms with Crippen molar-refractivity contribution in [3.63, 3.8) is 0 Å². The molecule has 2 aromatic carbocycles. The number of aliphatic hydroxyl groups excluding tert-OH is 1. The summed E-state index contributed by atoms with van der Waals surface area (Å²) in [5.74, 6) is 0.267. The van der Waals surface area contributed by atoms with Gasteiger partial charge in [-0.1, -0.05) is 29.8 Å². The molecule has 6 heteroatoms. The van der Waals surface area contributed by atoms with Crippen molar-refractivity contribution in [3.8, 4) is 11.3 Å². The third kappa shape index (κ3) is 4.43. The SMILES string of the molecule is Cc1ccc(-c2ccnc(Nc3ccc(C(=O)NCCO)cc3)n2)cc1. The number of aryl methyl sites for hydroxylation is 1. The molecule has 26 heavy (non-hydrogen) atoms. The number of nitrogens with zero attached hydrogens (tertiary/aromatic N) is 2. The van der Waals surface area contributed by atoms with Crippen LogP contribution in [0.1, 0.15) is 15.9 Å². The monoisotopic (exact) mass is 348 g/mol. The van der Waals surface area contributed by atoms with Gasteiger partial charge in [0.15, 0.2) is 0 Å². The molecule has 1 aromatic heterocycles. The van der Waals surface area contributed by atoms with Crippen molar-refractivity contribution in [2.24, 2.45) is 0 Å². The molecule has 0 unspecified atom stereocenters. The summed E-state index contributed by atoms with van der Waals surface area (Å²) in [6.07, 6.45) is 1.71. The molecule has 0 radical (unpaired) electrons. The molecule has 1 amide bonds. The van der Waals surface area contributed by atoms with Crippen molar-refractivity contribution in [1.29, 1.82) is 0 Å². The molecule has 0 atom stereocenters. The number of carbonyl (C=O) groups excluding carboxylic acids is 1. The zero-order valence-electron chi connectivity index (χ0n) is 14.4. The van der Waals surface area contributed by atoms with Gasteiger partial charge in [0.05, 0.1) is 12.3 Å². The van der Waals surface area contributed by atoms with Crippen LogP contribution in [0.25, 0.3) is 11.3 Å². The lowest BCUT2D eigenvalue weighted by Gasteiger charge is -2.08. The average Bonchev–Trinajstić information content (AvgIpc) is 2.67. The van der Waals surface area contributed by atoms with Crippen LogP contribution in [0.4, 0.5) is 11.6 Å². The normalized spacial score (nSPS) is 10.4. The standard InChI is InChI=1S/C20H20N4O2/c1-14-2-4-15(5-3-14)18-10-11-22-20(24-18)23-17-8-6-16(7-9-17)19(26)21-12-13-25/h2-11,25H,12-13H2,1H3,(H,21,26)(H,22,23,24). The molecule has 3 rings (SSSR count). The number of aromatic nitrogens is 2. The van der Waals surface area contributed by atoms with Crippen LogP contribution in [0.5, 0.6) is 0 Å². The first-order chi connectivity index (χ1) is 12.7. The zero-order valence-corrected chi connectivity index (χ0v) is 14.4. The van der Waals surface area contributed by atoms with Gasteiger partial charge < -0.3 is 15.7 Å². The van der Waals surface area contributed by atoms with Gasteiger partial charge in [0, 0.05) is 29.6 Å². The summed E-state index contributed by atoms with van der Waals surface area (Å²) in [5.41, 5.74) is 4.37. The van der Waals surface area contributed by atoms with Crippen molar-refractivity contribution in [1.82, 2.24) is 15.3 Å². The third-order valence-corrected chi connectivity index (χ3v) is 3.80. The van der Waals surface area contributed by atoms with E-state index in [1.807, 2.05) is 37.3 Å². The van der Waals surface area contributed by atoms with Gasteiger partial charge in [-0.3, -0.25) is 4.79 Å². The van der Waals surface area contributed by atoms with Crippen LogP contribution < -0.4 is 10.6 Å². The summed E-state index contributed by atoms with van der Waals surface area (Å²) < 4.78 is 0. The third-order valence-electron chi connectivity index (χ3n) is 3.80. The van der Waals surface area contributed by atoms with E-state index in [9.17, 15) is 4.79 Å². The van der Waals surface area contributed by atoms with Crippen LogP contribution in [0, 0.1) is 6.92 Å². The lowest BCUT2D eigenvalue weighted by Crippen LogP contribution is -2.26. The van der Waals surface area contributed by atoms with Gasteiger partial charge >= 0.3 is 0 Å². The Morgan fingerprint density at radius 1 is 1.04 bits per heavy atom. The Balaban J connectivity index is 1.72. The highest BCUT2D eigenvalue weighted by molar-refractivity contribution is 5.94. The van der Waals surface area contributed by atoms with Gasteiger partial charge in [-0.2, -0.15) is 0 Å². The molecule has 0 spiro atoms. The van der Waals surface area contributed by atoms with Gasteiger partial charge in [0.25, 0.3) is 5.91 Å². The number of anilines is 2. The van der Waals surface area contributed by atoms with Gasteiger partial charge in [0.2, 0.25) is 5.95 Å². The largest absolute Gasteiger partial charge is 0.395 e. The summed E-state index contributed by atoms with van der Waals surface area (Å²) in [4.78, 5) is 20.6. The van der Waals surface area contributed by atoms with Gasteiger partial charge in [-0.05, 0) is 37.3 Å². The molecule has 0 saturated heterocycles. The molecule has 3 aromatic rings. The summed E-state index contributed by atoms with van der Waals surface area (Å²) in [5, 5.41) is 14.5. The topological polar surface area (TPSA) is 87.1 Å². The number of benzene rings is 2. The first kappa shape index (κ1) is 17.6. The van der Waals surface area contributed by atoms with Crippen molar-refractivity contribution in [3.05, 3.63) is 71.9 Å². The fourth-order valence-electron chi connectivity index (χ4n) is 2.41. The fourth-order valence-corrected chi connectivity index (χ4v) is 2.41. The number of amides is 1. The van der Waals surface area contributed by atoms with Crippen LogP contribution in [-0.2, 0) is 0 Å². The molecule has 0 aliphatic carbocycles. The van der Waals surface area contributed by atoms with E-state index >= 15 is 0 Å². The summed E-state index contributed by atoms with van der Waals surface area (Å²) in [7, 11) is 0. The second-order valence-corrected chi connectivity index (χ2v) is 5.81. The van der Waals surface area contributed by atoms with Crippen molar-refractivity contribution in [2.45, 2.75) is 6.92 Å². The summed E-state index contributed by atoms with van der Waals surface area (Å²) in [6.45, 7) is 2.20. The van der Waals surface area contributed by atoms with E-state index < -0.39 is 0 Å². The Morgan fingerprint density at radius 2 is 1.77 bits per heavy atom. The summed E-state index contributed by atoms with van der Waals surface area (Å²) in [6, 6.07) is 17.0. The molecular formula is C20H20N4O2.